The van der Waals surface area contributed by atoms with E-state index < -0.39 is 0 Å². The van der Waals surface area contributed by atoms with Crippen molar-refractivity contribution in [3.8, 4) is 0 Å². The van der Waals surface area contributed by atoms with Gasteiger partial charge in [0, 0.05) is 25.2 Å². The molecule has 0 bridgehead atoms. The molecule has 1 fully saturated rings. The average molecular weight is 247 g/mol. The summed E-state index contributed by atoms with van der Waals surface area (Å²) in [5, 5.41) is 2.90. The number of amides is 1. The van der Waals surface area contributed by atoms with Crippen LogP contribution in [-0.2, 0) is 4.79 Å². The van der Waals surface area contributed by atoms with Gasteiger partial charge in [0.1, 0.15) is 0 Å². The lowest BCUT2D eigenvalue weighted by atomic mass is 10.1. The van der Waals surface area contributed by atoms with Crippen LogP contribution in [0.2, 0.25) is 0 Å². The van der Waals surface area contributed by atoms with E-state index in [4.69, 9.17) is 5.73 Å². The highest BCUT2D eigenvalue weighted by Gasteiger charge is 2.21. The van der Waals surface area contributed by atoms with E-state index in [-0.39, 0.29) is 5.91 Å². The monoisotopic (exact) mass is 247 g/mol. The number of hydrogen-bond donors (Lipinski definition) is 2. The van der Waals surface area contributed by atoms with Gasteiger partial charge in [-0.15, -0.1) is 0 Å². The van der Waals surface area contributed by atoms with Crippen molar-refractivity contribution in [1.29, 1.82) is 0 Å². The normalized spacial score (nSPS) is 19.9. The Morgan fingerprint density at radius 1 is 1.39 bits per heavy atom. The lowest BCUT2D eigenvalue weighted by molar-refractivity contribution is -0.116. The number of carbonyl (C=O) groups is 1. The molecule has 1 aromatic carbocycles. The van der Waals surface area contributed by atoms with Gasteiger partial charge >= 0.3 is 0 Å². The van der Waals surface area contributed by atoms with Crippen molar-refractivity contribution in [3.05, 3.63) is 30.3 Å². The molecule has 0 radical (unpaired) electrons. The van der Waals surface area contributed by atoms with E-state index in [2.05, 4.69) is 10.2 Å². The third-order valence-electron chi connectivity index (χ3n) is 3.42. The summed E-state index contributed by atoms with van der Waals surface area (Å²) in [6.07, 6.45) is 1.71. The Labute approximate surface area is 108 Å². The molecule has 2 rings (SSSR count). The minimum atomic E-state index is 0.0809. The van der Waals surface area contributed by atoms with Crippen molar-refractivity contribution in [2.75, 3.05) is 31.5 Å². The summed E-state index contributed by atoms with van der Waals surface area (Å²) in [6, 6.07) is 9.58. The van der Waals surface area contributed by atoms with Crippen molar-refractivity contribution in [2.24, 2.45) is 11.7 Å². The van der Waals surface area contributed by atoms with E-state index in [1.54, 1.807) is 0 Å². The third kappa shape index (κ3) is 3.82. The molecule has 1 aliphatic heterocycles. The van der Waals surface area contributed by atoms with Crippen molar-refractivity contribution >= 4 is 11.6 Å². The molecule has 3 N–H and O–H groups in total. The maximum absolute atomic E-state index is 11.8. The number of anilines is 1. The zero-order chi connectivity index (χ0) is 12.8. The van der Waals surface area contributed by atoms with E-state index in [0.717, 1.165) is 38.3 Å². The van der Waals surface area contributed by atoms with Crippen LogP contribution in [-0.4, -0.2) is 37.0 Å². The number of likely N-dealkylation sites (tertiary alicyclic amines) is 1. The first-order valence-corrected chi connectivity index (χ1v) is 6.55. The molecule has 4 nitrogen and oxygen atoms in total. The quantitative estimate of drug-likeness (QED) is 0.824. The molecule has 1 atom stereocenters. The van der Waals surface area contributed by atoms with Gasteiger partial charge in [-0.25, -0.2) is 0 Å². The van der Waals surface area contributed by atoms with Crippen molar-refractivity contribution in [1.82, 2.24) is 4.90 Å². The van der Waals surface area contributed by atoms with E-state index in [1.165, 1.54) is 0 Å². The Morgan fingerprint density at radius 3 is 2.83 bits per heavy atom. The number of para-hydroxylation sites is 1. The van der Waals surface area contributed by atoms with E-state index in [9.17, 15) is 4.79 Å². The second-order valence-electron chi connectivity index (χ2n) is 4.86. The van der Waals surface area contributed by atoms with E-state index in [1.807, 2.05) is 30.3 Å². The summed E-state index contributed by atoms with van der Waals surface area (Å²) >= 11 is 0. The lowest BCUT2D eigenvalue weighted by Gasteiger charge is -2.15. The Hall–Kier alpha value is -1.39. The number of nitrogens with two attached hydrogens (primary N) is 1. The number of rotatable bonds is 5. The fraction of sp³-hybridized carbons (Fsp3) is 0.500. The second-order valence-corrected chi connectivity index (χ2v) is 4.86. The number of nitrogens with one attached hydrogen (secondary N) is 1. The fourth-order valence-corrected chi connectivity index (χ4v) is 2.31. The molecule has 0 saturated carbocycles. The van der Waals surface area contributed by atoms with E-state index >= 15 is 0 Å². The van der Waals surface area contributed by atoms with Gasteiger partial charge in [-0.2, -0.15) is 0 Å². The van der Waals surface area contributed by atoms with Crippen LogP contribution >= 0.6 is 0 Å². The molecule has 4 heteroatoms. The smallest absolute Gasteiger partial charge is 0.225 e. The second kappa shape index (κ2) is 6.52. The summed E-state index contributed by atoms with van der Waals surface area (Å²) in [4.78, 5) is 14.1. The lowest BCUT2D eigenvalue weighted by Crippen LogP contribution is -2.27. The maximum atomic E-state index is 11.8. The molecule has 0 spiro atoms. The molecule has 1 aromatic rings. The molecule has 0 aliphatic carbocycles. The van der Waals surface area contributed by atoms with Gasteiger partial charge in [-0.1, -0.05) is 18.2 Å². The van der Waals surface area contributed by atoms with Gasteiger partial charge in [0.25, 0.3) is 0 Å². The molecule has 1 saturated heterocycles. The summed E-state index contributed by atoms with van der Waals surface area (Å²) in [5.41, 5.74) is 6.51. The Bertz CT molecular complexity index is 380. The zero-order valence-corrected chi connectivity index (χ0v) is 10.6. The predicted octanol–water partition coefficient (Wildman–Crippen LogP) is 1.30. The summed E-state index contributed by atoms with van der Waals surface area (Å²) in [7, 11) is 0. The van der Waals surface area contributed by atoms with Crippen LogP contribution in [0.4, 0.5) is 5.69 Å². The zero-order valence-electron chi connectivity index (χ0n) is 10.6. The first kappa shape index (κ1) is 13.1. The molecule has 98 valence electrons. The van der Waals surface area contributed by atoms with Gasteiger partial charge < -0.3 is 16.0 Å². The van der Waals surface area contributed by atoms with Crippen LogP contribution < -0.4 is 11.1 Å². The molecule has 1 unspecified atom stereocenters. The number of benzene rings is 1. The van der Waals surface area contributed by atoms with Crippen molar-refractivity contribution in [3.63, 3.8) is 0 Å². The minimum Gasteiger partial charge on any atom is -0.330 e. The number of carbonyl (C=O) groups excluding carboxylic acids is 1. The molecule has 18 heavy (non-hydrogen) atoms. The molecule has 1 aliphatic rings. The van der Waals surface area contributed by atoms with E-state index in [0.29, 0.717) is 12.3 Å². The fourth-order valence-electron chi connectivity index (χ4n) is 2.31. The molecular formula is C14H21N3O. The molecular weight excluding hydrogens is 226 g/mol. The largest absolute Gasteiger partial charge is 0.330 e. The predicted molar refractivity (Wildman–Crippen MR) is 73.3 cm³/mol. The van der Waals surface area contributed by atoms with Gasteiger partial charge in [0.05, 0.1) is 0 Å². The highest BCUT2D eigenvalue weighted by molar-refractivity contribution is 5.90. The first-order valence-electron chi connectivity index (χ1n) is 6.55. The van der Waals surface area contributed by atoms with Crippen LogP contribution in [0.15, 0.2) is 30.3 Å². The van der Waals surface area contributed by atoms with Crippen molar-refractivity contribution < 1.29 is 4.79 Å². The summed E-state index contributed by atoms with van der Waals surface area (Å²) < 4.78 is 0. The highest BCUT2D eigenvalue weighted by atomic mass is 16.1. The topological polar surface area (TPSA) is 58.4 Å². The van der Waals surface area contributed by atoms with Crippen LogP contribution in [0.25, 0.3) is 0 Å². The summed E-state index contributed by atoms with van der Waals surface area (Å²) in [5.74, 6) is 0.694. The number of nitrogens with zero attached hydrogens (tertiary/aromatic N) is 1. The van der Waals surface area contributed by atoms with Gasteiger partial charge in [-0.3, -0.25) is 4.79 Å². The van der Waals surface area contributed by atoms with Gasteiger partial charge in [0.2, 0.25) is 5.91 Å². The molecule has 1 heterocycles. The first-order chi connectivity index (χ1) is 8.78. The summed E-state index contributed by atoms with van der Waals surface area (Å²) in [6.45, 7) is 3.69. The molecule has 0 aromatic heterocycles. The Kier molecular flexibility index (Phi) is 4.73. The Balaban J connectivity index is 1.69. The van der Waals surface area contributed by atoms with Gasteiger partial charge in [0.15, 0.2) is 0 Å². The molecule has 1 amide bonds. The third-order valence-corrected chi connectivity index (χ3v) is 3.42. The minimum absolute atomic E-state index is 0.0809. The number of hydrogen-bond acceptors (Lipinski definition) is 3. The maximum Gasteiger partial charge on any atom is 0.225 e. The average Bonchev–Trinajstić information content (AvgIpc) is 2.85. The van der Waals surface area contributed by atoms with Crippen LogP contribution in [0.3, 0.4) is 0 Å². The van der Waals surface area contributed by atoms with Crippen molar-refractivity contribution in [2.45, 2.75) is 12.8 Å². The highest BCUT2D eigenvalue weighted by Crippen LogP contribution is 2.15. The van der Waals surface area contributed by atoms with Crippen LogP contribution in [0.1, 0.15) is 12.8 Å². The SMILES string of the molecule is NCC1CCN(CCC(=O)Nc2ccccc2)C1. The van der Waals surface area contributed by atoms with Gasteiger partial charge in [-0.05, 0) is 37.6 Å². The standard InChI is InChI=1S/C14H21N3O/c15-10-12-6-8-17(11-12)9-7-14(18)16-13-4-2-1-3-5-13/h1-5,12H,6-11,15H2,(H,16,18). The van der Waals surface area contributed by atoms with Crippen LogP contribution in [0, 0.1) is 5.92 Å². The Morgan fingerprint density at radius 2 is 2.17 bits per heavy atom. The van der Waals surface area contributed by atoms with Crippen LogP contribution in [0.5, 0.6) is 0 Å².